The summed E-state index contributed by atoms with van der Waals surface area (Å²) in [6.07, 6.45) is 67.7. The van der Waals surface area contributed by atoms with E-state index < -0.39 is 6.10 Å². The Hall–Kier alpha value is -4.19. The van der Waals surface area contributed by atoms with Crippen molar-refractivity contribution in [3.05, 3.63) is 122 Å². The zero-order valence-electron chi connectivity index (χ0n) is 39.6. The minimum atomic E-state index is -0.837. The maximum Gasteiger partial charge on any atom is 0.306 e. The van der Waals surface area contributed by atoms with Crippen LogP contribution in [0.3, 0.4) is 0 Å². The molecule has 0 N–H and O–H groups in total. The zero-order valence-corrected chi connectivity index (χ0v) is 39.6. The minimum Gasteiger partial charge on any atom is -0.462 e. The van der Waals surface area contributed by atoms with Crippen molar-refractivity contribution < 1.29 is 28.6 Å². The topological polar surface area (TPSA) is 78.9 Å². The Balaban J connectivity index is 4.60. The van der Waals surface area contributed by atoms with Crippen LogP contribution in [0.15, 0.2) is 122 Å². The van der Waals surface area contributed by atoms with E-state index in [1.54, 1.807) is 0 Å². The first-order valence-corrected chi connectivity index (χ1v) is 24.6. The molecular weight excluding hydrogens is 769 g/mol. The van der Waals surface area contributed by atoms with E-state index in [9.17, 15) is 14.4 Å². The Kier molecular flexibility index (Phi) is 46.1. The van der Waals surface area contributed by atoms with Gasteiger partial charge in [-0.3, -0.25) is 14.4 Å². The highest BCUT2D eigenvalue weighted by molar-refractivity contribution is 5.71. The molecule has 0 aromatic heterocycles. The first kappa shape index (κ1) is 57.8. The summed E-state index contributed by atoms with van der Waals surface area (Å²) in [4.78, 5) is 37.8. The third-order valence-electron chi connectivity index (χ3n) is 9.85. The first-order valence-electron chi connectivity index (χ1n) is 24.6. The highest BCUT2D eigenvalue weighted by Gasteiger charge is 2.19. The number of carbonyl (C=O) groups excluding carboxylic acids is 3. The second-order valence-corrected chi connectivity index (χ2v) is 15.7. The summed E-state index contributed by atoms with van der Waals surface area (Å²) >= 11 is 0. The average Bonchev–Trinajstić information content (AvgIpc) is 3.27. The van der Waals surface area contributed by atoms with Gasteiger partial charge in [0.1, 0.15) is 13.2 Å². The van der Waals surface area contributed by atoms with E-state index in [-0.39, 0.29) is 44.0 Å². The van der Waals surface area contributed by atoms with Gasteiger partial charge in [0.25, 0.3) is 0 Å². The van der Waals surface area contributed by atoms with E-state index >= 15 is 0 Å². The van der Waals surface area contributed by atoms with E-state index in [1.807, 2.05) is 66.8 Å². The Morgan fingerprint density at radius 3 is 1.23 bits per heavy atom. The molecule has 1 atom stereocenters. The summed E-state index contributed by atoms with van der Waals surface area (Å²) < 4.78 is 16.6. The van der Waals surface area contributed by atoms with Crippen LogP contribution in [0.5, 0.6) is 0 Å². The van der Waals surface area contributed by atoms with E-state index in [0.29, 0.717) is 19.3 Å². The van der Waals surface area contributed by atoms with Crippen molar-refractivity contribution in [3.8, 4) is 0 Å². The van der Waals surface area contributed by atoms with Gasteiger partial charge in [-0.2, -0.15) is 0 Å². The molecule has 0 amide bonds. The van der Waals surface area contributed by atoms with Crippen LogP contribution in [-0.4, -0.2) is 37.2 Å². The molecule has 1 unspecified atom stereocenters. The second-order valence-electron chi connectivity index (χ2n) is 15.7. The van der Waals surface area contributed by atoms with Crippen LogP contribution in [-0.2, 0) is 28.6 Å². The van der Waals surface area contributed by atoms with Gasteiger partial charge in [0, 0.05) is 19.3 Å². The van der Waals surface area contributed by atoms with Crippen LogP contribution in [0, 0.1) is 0 Å². The number of allylic oxidation sites excluding steroid dienone is 20. The van der Waals surface area contributed by atoms with Crippen molar-refractivity contribution in [2.24, 2.45) is 0 Å². The smallest absolute Gasteiger partial charge is 0.306 e. The fourth-order valence-corrected chi connectivity index (χ4v) is 6.23. The number of carbonyl (C=O) groups is 3. The molecule has 0 aromatic rings. The van der Waals surface area contributed by atoms with Gasteiger partial charge >= 0.3 is 17.9 Å². The lowest BCUT2D eigenvalue weighted by atomic mass is 10.0. The van der Waals surface area contributed by atoms with Gasteiger partial charge in [-0.1, -0.05) is 232 Å². The molecule has 0 aliphatic carbocycles. The maximum atomic E-state index is 12.8. The molecule has 62 heavy (non-hydrogen) atoms. The average molecular weight is 857 g/mol. The summed E-state index contributed by atoms with van der Waals surface area (Å²) in [5, 5.41) is 0. The van der Waals surface area contributed by atoms with Crippen molar-refractivity contribution in [2.75, 3.05) is 13.2 Å². The Morgan fingerprint density at radius 2 is 0.742 bits per heavy atom. The number of hydrogen-bond acceptors (Lipinski definition) is 6. The first-order chi connectivity index (χ1) is 30.5. The Morgan fingerprint density at radius 1 is 0.355 bits per heavy atom. The molecule has 0 saturated carbocycles. The van der Waals surface area contributed by atoms with Gasteiger partial charge in [-0.25, -0.2) is 0 Å². The summed E-state index contributed by atoms with van der Waals surface area (Å²) in [6.45, 7) is 6.23. The molecule has 0 heterocycles. The van der Waals surface area contributed by atoms with Crippen molar-refractivity contribution in [2.45, 2.75) is 200 Å². The van der Waals surface area contributed by atoms with Crippen LogP contribution in [0.25, 0.3) is 0 Å². The molecule has 0 rings (SSSR count). The highest BCUT2D eigenvalue weighted by atomic mass is 16.6. The summed E-state index contributed by atoms with van der Waals surface area (Å²) in [5.74, 6) is -1.10. The molecule has 6 heteroatoms. The number of esters is 3. The quantitative estimate of drug-likeness (QED) is 0.0200. The Labute approximate surface area is 380 Å². The zero-order chi connectivity index (χ0) is 45.1. The molecule has 6 nitrogen and oxygen atoms in total. The summed E-state index contributed by atoms with van der Waals surface area (Å²) in [6, 6.07) is 0. The van der Waals surface area contributed by atoms with Crippen LogP contribution in [0.4, 0.5) is 0 Å². The molecule has 348 valence electrons. The van der Waals surface area contributed by atoms with Gasteiger partial charge in [0.2, 0.25) is 0 Å². The fourth-order valence-electron chi connectivity index (χ4n) is 6.23. The van der Waals surface area contributed by atoms with E-state index in [4.69, 9.17) is 14.2 Å². The third kappa shape index (κ3) is 46.9. The third-order valence-corrected chi connectivity index (χ3v) is 9.85. The molecule has 0 radical (unpaired) electrons. The van der Waals surface area contributed by atoms with Gasteiger partial charge in [0.05, 0.1) is 0 Å². The van der Waals surface area contributed by atoms with Crippen LogP contribution in [0.1, 0.15) is 194 Å². The van der Waals surface area contributed by atoms with Crippen LogP contribution in [0.2, 0.25) is 0 Å². The predicted octanol–water partition coefficient (Wildman–Crippen LogP) is 16.1. The molecule has 0 aromatic carbocycles. The van der Waals surface area contributed by atoms with E-state index in [1.165, 1.54) is 77.0 Å². The van der Waals surface area contributed by atoms with E-state index in [0.717, 1.165) is 64.2 Å². The van der Waals surface area contributed by atoms with Gasteiger partial charge < -0.3 is 14.2 Å². The largest absolute Gasteiger partial charge is 0.462 e. The predicted molar refractivity (Wildman–Crippen MR) is 265 cm³/mol. The second kappa shape index (κ2) is 49.5. The van der Waals surface area contributed by atoms with Crippen molar-refractivity contribution in [1.82, 2.24) is 0 Å². The van der Waals surface area contributed by atoms with Gasteiger partial charge in [-0.15, -0.1) is 0 Å². The lowest BCUT2D eigenvalue weighted by Gasteiger charge is -2.18. The molecule has 0 bridgehead atoms. The van der Waals surface area contributed by atoms with Crippen LogP contribution < -0.4 is 0 Å². The monoisotopic (exact) mass is 857 g/mol. The van der Waals surface area contributed by atoms with Crippen LogP contribution >= 0.6 is 0 Å². The molecular formula is C56H88O6. The number of unbranched alkanes of at least 4 members (excludes halogenated alkanes) is 15. The SMILES string of the molecule is CC\C=C/C=C\C=C/C=C\C=C/CCCC(=O)OCC(COC(=O)CC/C=C\C/C=C\C/C=C\C/C=C\C/C=C\CC)OC(=O)CCCCCCCCCCCCCCCCC. The molecule has 0 aliphatic rings. The normalized spacial score (nSPS) is 13.1. The lowest BCUT2D eigenvalue weighted by Crippen LogP contribution is -2.30. The Bertz CT molecular complexity index is 1350. The minimum absolute atomic E-state index is 0.140. The number of hydrogen-bond donors (Lipinski definition) is 0. The lowest BCUT2D eigenvalue weighted by molar-refractivity contribution is -0.166. The molecule has 0 fully saturated rings. The van der Waals surface area contributed by atoms with Crippen molar-refractivity contribution in [1.29, 1.82) is 0 Å². The summed E-state index contributed by atoms with van der Waals surface area (Å²) in [5.41, 5.74) is 0. The van der Waals surface area contributed by atoms with Crippen molar-refractivity contribution >= 4 is 17.9 Å². The maximum absolute atomic E-state index is 12.8. The standard InChI is InChI=1S/C56H88O6/c1-4-7-10-13-16-19-22-25-27-29-31-34-37-40-43-46-49-55(58)61-52-53(51-60-54(57)48-45-42-39-36-33-30-24-21-18-15-12-9-6-3)62-56(59)50-47-44-41-38-35-32-28-26-23-20-17-14-11-8-5-2/h7,9-10,12,15-16,18-19,21,24-25,27,30-31,33-34,36,39-40,43,53H,4-6,8,11,13-14,17,20,22-23,26,28-29,32,35,37-38,41-42,44-52H2,1-3H3/b10-7-,12-9-,18-15-,19-16-,24-21-,27-25-,33-30-,34-31-,39-36-,43-40-. The molecule has 0 aliphatic heterocycles. The highest BCUT2D eigenvalue weighted by Crippen LogP contribution is 2.14. The number of rotatable bonds is 42. The van der Waals surface area contributed by atoms with Gasteiger partial charge in [0.15, 0.2) is 6.10 Å². The van der Waals surface area contributed by atoms with Crippen molar-refractivity contribution in [3.63, 3.8) is 0 Å². The molecule has 0 saturated heterocycles. The number of ether oxygens (including phenoxy) is 3. The fraction of sp³-hybridized carbons (Fsp3) is 0.589. The van der Waals surface area contributed by atoms with E-state index in [2.05, 4.69) is 75.5 Å². The summed E-state index contributed by atoms with van der Waals surface area (Å²) in [7, 11) is 0. The van der Waals surface area contributed by atoms with Gasteiger partial charge in [-0.05, 0) is 64.2 Å². The molecule has 0 spiro atoms.